The third kappa shape index (κ3) is 15.5. The third-order valence-electron chi connectivity index (χ3n) is 3.33. The van der Waals surface area contributed by atoms with E-state index in [9.17, 15) is 0 Å². The molecule has 0 rings (SSSR count). The molecule has 0 saturated heterocycles. The fraction of sp³-hybridized carbons (Fsp3) is 0.875. The van der Waals surface area contributed by atoms with Crippen LogP contribution in [0.3, 0.4) is 0 Å². The molecule has 1 N–H and O–H groups in total. The maximum Gasteiger partial charge on any atom is 0.0751 e. The first-order chi connectivity index (χ1) is 8.41. The van der Waals surface area contributed by atoms with Crippen LogP contribution in [0.4, 0.5) is 0 Å². The SMILES string of the molecule is CCCCCCCCCCCCCCC=CO. The maximum atomic E-state index is 8.46. The van der Waals surface area contributed by atoms with E-state index < -0.39 is 0 Å². The zero-order valence-electron chi connectivity index (χ0n) is 11.8. The molecule has 1 heteroatoms. The van der Waals surface area contributed by atoms with E-state index in [1.807, 2.05) is 6.08 Å². The number of rotatable bonds is 13. The molecule has 0 aromatic heterocycles. The average Bonchev–Trinajstić information content (AvgIpc) is 2.35. The molecule has 0 spiro atoms. The molecule has 0 aromatic carbocycles. The van der Waals surface area contributed by atoms with E-state index in [0.717, 1.165) is 6.42 Å². The van der Waals surface area contributed by atoms with Crippen molar-refractivity contribution < 1.29 is 5.11 Å². The quantitative estimate of drug-likeness (QED) is 0.302. The second kappa shape index (κ2) is 15.5. The molecule has 0 aromatic rings. The van der Waals surface area contributed by atoms with Crippen molar-refractivity contribution >= 4 is 0 Å². The minimum Gasteiger partial charge on any atom is -0.516 e. The molecule has 17 heavy (non-hydrogen) atoms. The molecule has 0 aliphatic rings. The number of hydrogen-bond donors (Lipinski definition) is 1. The Morgan fingerprint density at radius 2 is 1.06 bits per heavy atom. The van der Waals surface area contributed by atoms with Crippen LogP contribution in [0.1, 0.15) is 90.4 Å². The van der Waals surface area contributed by atoms with Crippen molar-refractivity contribution in [1.82, 2.24) is 0 Å². The Labute approximate surface area is 108 Å². The van der Waals surface area contributed by atoms with Crippen molar-refractivity contribution in [2.75, 3.05) is 0 Å². The van der Waals surface area contributed by atoms with Gasteiger partial charge in [-0.2, -0.15) is 0 Å². The van der Waals surface area contributed by atoms with Gasteiger partial charge in [0.2, 0.25) is 0 Å². The zero-order valence-corrected chi connectivity index (χ0v) is 11.8. The molecule has 0 amide bonds. The van der Waals surface area contributed by atoms with Gasteiger partial charge in [0, 0.05) is 0 Å². The van der Waals surface area contributed by atoms with E-state index in [1.54, 1.807) is 0 Å². The van der Waals surface area contributed by atoms with Crippen LogP contribution in [-0.4, -0.2) is 5.11 Å². The Bertz CT molecular complexity index is 152. The topological polar surface area (TPSA) is 20.2 Å². The van der Waals surface area contributed by atoms with Gasteiger partial charge in [0.05, 0.1) is 6.26 Å². The lowest BCUT2D eigenvalue weighted by Crippen LogP contribution is -1.82. The summed E-state index contributed by atoms with van der Waals surface area (Å²) in [6.07, 6.45) is 20.8. The molecule has 0 bridgehead atoms. The standard InChI is InChI=1S/C16H32O/c1-2-3-4-5-6-7-8-9-10-11-12-13-14-15-16-17/h15-17H,2-14H2,1H3. The zero-order chi connectivity index (χ0) is 12.6. The number of aliphatic hydroxyl groups excluding tert-OH is 1. The van der Waals surface area contributed by atoms with Crippen molar-refractivity contribution in [2.24, 2.45) is 0 Å². The summed E-state index contributed by atoms with van der Waals surface area (Å²) in [5, 5.41) is 8.46. The van der Waals surface area contributed by atoms with Gasteiger partial charge in [0.15, 0.2) is 0 Å². The normalized spacial score (nSPS) is 11.4. The van der Waals surface area contributed by atoms with Crippen molar-refractivity contribution in [3.05, 3.63) is 12.3 Å². The van der Waals surface area contributed by atoms with E-state index >= 15 is 0 Å². The molecule has 102 valence electrons. The van der Waals surface area contributed by atoms with Crippen molar-refractivity contribution in [2.45, 2.75) is 90.4 Å². The van der Waals surface area contributed by atoms with Gasteiger partial charge in [-0.25, -0.2) is 0 Å². The van der Waals surface area contributed by atoms with Gasteiger partial charge in [0.25, 0.3) is 0 Å². The third-order valence-corrected chi connectivity index (χ3v) is 3.33. The van der Waals surface area contributed by atoms with Crippen LogP contribution in [0.25, 0.3) is 0 Å². The van der Waals surface area contributed by atoms with Crippen LogP contribution in [0.15, 0.2) is 12.3 Å². The van der Waals surface area contributed by atoms with E-state index in [4.69, 9.17) is 5.11 Å². The molecule has 0 aliphatic carbocycles. The number of aliphatic hydroxyl groups is 1. The Morgan fingerprint density at radius 1 is 0.647 bits per heavy atom. The van der Waals surface area contributed by atoms with Gasteiger partial charge < -0.3 is 5.11 Å². The Hall–Kier alpha value is -0.460. The van der Waals surface area contributed by atoms with Crippen LogP contribution in [-0.2, 0) is 0 Å². The number of hydrogen-bond acceptors (Lipinski definition) is 1. The van der Waals surface area contributed by atoms with E-state index in [1.165, 1.54) is 83.3 Å². The lowest BCUT2D eigenvalue weighted by molar-refractivity contribution is 0.469. The molecular formula is C16H32O. The highest BCUT2D eigenvalue weighted by atomic mass is 16.2. The lowest BCUT2D eigenvalue weighted by atomic mass is 10.0. The van der Waals surface area contributed by atoms with E-state index in [2.05, 4.69) is 6.92 Å². The van der Waals surface area contributed by atoms with Gasteiger partial charge in [0.1, 0.15) is 0 Å². The molecule has 0 heterocycles. The van der Waals surface area contributed by atoms with Crippen LogP contribution >= 0.6 is 0 Å². The van der Waals surface area contributed by atoms with Crippen LogP contribution < -0.4 is 0 Å². The second-order valence-electron chi connectivity index (χ2n) is 5.06. The fourth-order valence-corrected chi connectivity index (χ4v) is 2.18. The highest BCUT2D eigenvalue weighted by Crippen LogP contribution is 2.12. The monoisotopic (exact) mass is 240 g/mol. The van der Waals surface area contributed by atoms with E-state index in [0.29, 0.717) is 0 Å². The summed E-state index contributed by atoms with van der Waals surface area (Å²) in [6, 6.07) is 0. The second-order valence-corrected chi connectivity index (χ2v) is 5.06. The van der Waals surface area contributed by atoms with Gasteiger partial charge >= 0.3 is 0 Å². The summed E-state index contributed by atoms with van der Waals surface area (Å²) >= 11 is 0. The predicted molar refractivity (Wildman–Crippen MR) is 77.5 cm³/mol. The maximum absolute atomic E-state index is 8.46. The Kier molecular flexibility index (Phi) is 15.1. The van der Waals surface area contributed by atoms with Crippen molar-refractivity contribution in [1.29, 1.82) is 0 Å². The Morgan fingerprint density at radius 3 is 1.47 bits per heavy atom. The first kappa shape index (κ1) is 16.5. The number of unbranched alkanes of at least 4 members (excludes halogenated alkanes) is 12. The van der Waals surface area contributed by atoms with Gasteiger partial charge in [-0.05, 0) is 12.8 Å². The van der Waals surface area contributed by atoms with Gasteiger partial charge in [-0.15, -0.1) is 0 Å². The largest absolute Gasteiger partial charge is 0.516 e. The molecule has 0 fully saturated rings. The lowest BCUT2D eigenvalue weighted by Gasteiger charge is -2.02. The van der Waals surface area contributed by atoms with Crippen LogP contribution in [0.2, 0.25) is 0 Å². The highest BCUT2D eigenvalue weighted by Gasteiger charge is 1.92. The number of allylic oxidation sites excluding steroid dienone is 1. The van der Waals surface area contributed by atoms with Gasteiger partial charge in [-0.1, -0.05) is 83.6 Å². The molecule has 0 unspecified atom stereocenters. The Balaban J connectivity index is 2.89. The van der Waals surface area contributed by atoms with Crippen LogP contribution in [0, 0.1) is 0 Å². The molecule has 1 nitrogen and oxygen atoms in total. The van der Waals surface area contributed by atoms with E-state index in [-0.39, 0.29) is 0 Å². The molecule has 0 saturated carbocycles. The molecular weight excluding hydrogens is 208 g/mol. The summed E-state index contributed by atoms with van der Waals surface area (Å²) < 4.78 is 0. The average molecular weight is 240 g/mol. The summed E-state index contributed by atoms with van der Waals surface area (Å²) in [4.78, 5) is 0. The smallest absolute Gasteiger partial charge is 0.0751 e. The first-order valence-corrected chi connectivity index (χ1v) is 7.71. The minimum absolute atomic E-state index is 1.04. The first-order valence-electron chi connectivity index (χ1n) is 7.71. The minimum atomic E-state index is 1.04. The fourth-order valence-electron chi connectivity index (χ4n) is 2.18. The highest BCUT2D eigenvalue weighted by molar-refractivity contribution is 4.70. The molecule has 0 atom stereocenters. The van der Waals surface area contributed by atoms with Gasteiger partial charge in [-0.3, -0.25) is 0 Å². The van der Waals surface area contributed by atoms with Crippen LogP contribution in [0.5, 0.6) is 0 Å². The molecule has 0 radical (unpaired) electrons. The van der Waals surface area contributed by atoms with Crippen molar-refractivity contribution in [3.63, 3.8) is 0 Å². The summed E-state index contributed by atoms with van der Waals surface area (Å²) in [7, 11) is 0. The summed E-state index contributed by atoms with van der Waals surface area (Å²) in [5.41, 5.74) is 0. The van der Waals surface area contributed by atoms with Crippen molar-refractivity contribution in [3.8, 4) is 0 Å². The predicted octanol–water partition coefficient (Wildman–Crippen LogP) is 6.15. The molecule has 0 aliphatic heterocycles. The summed E-state index contributed by atoms with van der Waals surface area (Å²) in [6.45, 7) is 2.27. The summed E-state index contributed by atoms with van der Waals surface area (Å²) in [5.74, 6) is 0.